The lowest BCUT2D eigenvalue weighted by molar-refractivity contribution is 0.355. The fourth-order valence-electron chi connectivity index (χ4n) is 3.74. The third kappa shape index (κ3) is 4.55. The number of nitrogens with zero attached hydrogens (tertiary/aromatic N) is 2. The van der Waals surface area contributed by atoms with Gasteiger partial charge in [0, 0.05) is 24.0 Å². The molecule has 170 valence electrons. The number of ether oxygens (including phenoxy) is 2. The van der Waals surface area contributed by atoms with Crippen LogP contribution in [0.5, 0.6) is 11.5 Å². The van der Waals surface area contributed by atoms with Crippen molar-refractivity contribution in [3.8, 4) is 22.8 Å². The Morgan fingerprint density at radius 3 is 2.38 bits per heavy atom. The summed E-state index contributed by atoms with van der Waals surface area (Å²) in [6.45, 7) is 1.23. The number of sulfone groups is 1. The Morgan fingerprint density at radius 1 is 1.00 bits per heavy atom. The highest BCUT2D eigenvalue weighted by Crippen LogP contribution is 2.36. The molecule has 6 nitrogen and oxygen atoms in total. The molecule has 0 unspecified atom stereocenters. The number of hydrogen-bond donors (Lipinski definition) is 0. The van der Waals surface area contributed by atoms with Gasteiger partial charge in [0.05, 0.1) is 40.1 Å². The van der Waals surface area contributed by atoms with Crippen LogP contribution in [0.25, 0.3) is 11.3 Å². The van der Waals surface area contributed by atoms with Crippen molar-refractivity contribution in [1.29, 1.82) is 0 Å². The lowest BCUT2D eigenvalue weighted by atomic mass is 10.1. The number of piperidine rings is 1. The van der Waals surface area contributed by atoms with Gasteiger partial charge in [-0.1, -0.05) is 23.2 Å². The summed E-state index contributed by atoms with van der Waals surface area (Å²) in [7, 11) is -0.269. The van der Waals surface area contributed by atoms with Crippen molar-refractivity contribution < 1.29 is 17.9 Å². The molecule has 0 spiro atoms. The first kappa shape index (κ1) is 23.2. The third-order valence-corrected chi connectivity index (χ3v) is 9.44. The number of hydrogen-bond acceptors (Lipinski definition) is 7. The molecule has 1 aliphatic heterocycles. The molecule has 4 rings (SSSR count). The van der Waals surface area contributed by atoms with Crippen molar-refractivity contribution in [2.24, 2.45) is 0 Å². The van der Waals surface area contributed by atoms with Crippen molar-refractivity contribution >= 4 is 49.5 Å². The SMILES string of the molecule is COc1ccc(-c2csc(N3CCC(S(=O)(=O)c4ccc(Cl)c(Cl)c4)CC3)n2)cc1OC. The molecule has 0 saturated carbocycles. The Kier molecular flexibility index (Phi) is 6.86. The summed E-state index contributed by atoms with van der Waals surface area (Å²) in [6, 6.07) is 10.2. The highest BCUT2D eigenvalue weighted by molar-refractivity contribution is 7.92. The Balaban J connectivity index is 1.46. The molecule has 2 heterocycles. The predicted octanol–water partition coefficient (Wildman–Crippen LogP) is 5.58. The predicted molar refractivity (Wildman–Crippen MR) is 130 cm³/mol. The van der Waals surface area contributed by atoms with E-state index in [-0.39, 0.29) is 9.92 Å². The van der Waals surface area contributed by atoms with Crippen LogP contribution < -0.4 is 14.4 Å². The van der Waals surface area contributed by atoms with Crippen LogP contribution in [-0.4, -0.2) is 46.0 Å². The van der Waals surface area contributed by atoms with E-state index in [1.165, 1.54) is 18.2 Å². The molecular formula is C22H22Cl2N2O4S2. The van der Waals surface area contributed by atoms with Crippen LogP contribution in [0.15, 0.2) is 46.7 Å². The van der Waals surface area contributed by atoms with E-state index in [0.717, 1.165) is 16.4 Å². The Hall–Kier alpha value is -2.00. The number of halogens is 2. The Bertz CT molecular complexity index is 1220. The average Bonchev–Trinajstić information content (AvgIpc) is 3.30. The Morgan fingerprint density at radius 2 is 1.72 bits per heavy atom. The summed E-state index contributed by atoms with van der Waals surface area (Å²) in [5.74, 6) is 1.31. The highest BCUT2D eigenvalue weighted by Gasteiger charge is 2.32. The van der Waals surface area contributed by atoms with Crippen LogP contribution in [0.4, 0.5) is 5.13 Å². The number of methoxy groups -OCH3 is 2. The minimum absolute atomic E-state index is 0.218. The highest BCUT2D eigenvalue weighted by atomic mass is 35.5. The van der Waals surface area contributed by atoms with E-state index in [1.807, 2.05) is 23.6 Å². The number of anilines is 1. The molecular weight excluding hydrogens is 491 g/mol. The first-order valence-electron chi connectivity index (χ1n) is 9.95. The van der Waals surface area contributed by atoms with Gasteiger partial charge in [0.15, 0.2) is 26.5 Å². The zero-order valence-corrected chi connectivity index (χ0v) is 20.7. The second-order valence-electron chi connectivity index (χ2n) is 7.39. The van der Waals surface area contributed by atoms with Crippen molar-refractivity contribution in [3.63, 3.8) is 0 Å². The van der Waals surface area contributed by atoms with Gasteiger partial charge in [-0.25, -0.2) is 13.4 Å². The minimum atomic E-state index is -3.47. The van der Waals surface area contributed by atoms with Gasteiger partial charge in [-0.2, -0.15) is 0 Å². The largest absolute Gasteiger partial charge is 0.493 e. The fourth-order valence-corrected chi connectivity index (χ4v) is 6.75. The zero-order chi connectivity index (χ0) is 22.9. The van der Waals surface area contributed by atoms with Crippen LogP contribution in [0.3, 0.4) is 0 Å². The van der Waals surface area contributed by atoms with Gasteiger partial charge in [0.1, 0.15) is 0 Å². The summed E-state index contributed by atoms with van der Waals surface area (Å²) in [5, 5.41) is 3.00. The maximum absolute atomic E-state index is 13.0. The number of rotatable bonds is 6. The van der Waals surface area contributed by atoms with E-state index in [2.05, 4.69) is 4.90 Å². The van der Waals surface area contributed by atoms with E-state index >= 15 is 0 Å². The molecule has 0 N–H and O–H groups in total. The monoisotopic (exact) mass is 512 g/mol. The van der Waals surface area contributed by atoms with Crippen molar-refractivity contribution in [1.82, 2.24) is 4.98 Å². The zero-order valence-electron chi connectivity index (χ0n) is 17.5. The first-order chi connectivity index (χ1) is 15.3. The van der Waals surface area contributed by atoms with Gasteiger partial charge in [-0.15, -0.1) is 11.3 Å². The number of aromatic nitrogens is 1. The van der Waals surface area contributed by atoms with Crippen molar-refractivity contribution in [3.05, 3.63) is 51.8 Å². The first-order valence-corrected chi connectivity index (χ1v) is 13.1. The smallest absolute Gasteiger partial charge is 0.185 e. The molecule has 0 aliphatic carbocycles. The van der Waals surface area contributed by atoms with Gasteiger partial charge in [-0.3, -0.25) is 0 Å². The van der Waals surface area contributed by atoms with Crippen molar-refractivity contribution in [2.75, 3.05) is 32.2 Å². The molecule has 1 saturated heterocycles. The standard InChI is InChI=1S/C22H22Cl2N2O4S2/c1-29-20-6-3-14(11-21(20)30-2)19-13-31-22(25-19)26-9-7-15(8-10-26)32(27,28)16-4-5-17(23)18(24)12-16/h3-6,11-13,15H,7-10H2,1-2H3. The van der Waals surface area contributed by atoms with Crippen LogP contribution in [0.1, 0.15) is 12.8 Å². The quantitative estimate of drug-likeness (QED) is 0.429. The molecule has 0 atom stereocenters. The molecule has 1 aliphatic rings. The van der Waals surface area contributed by atoms with Gasteiger partial charge in [0.2, 0.25) is 0 Å². The van der Waals surface area contributed by atoms with E-state index < -0.39 is 15.1 Å². The molecule has 0 amide bonds. The Labute approximate surface area is 201 Å². The van der Waals surface area contributed by atoms with Crippen LogP contribution in [0, 0.1) is 0 Å². The van der Waals surface area contributed by atoms with Gasteiger partial charge in [-0.05, 0) is 49.2 Å². The second-order valence-corrected chi connectivity index (χ2v) is 11.3. The maximum Gasteiger partial charge on any atom is 0.185 e. The van der Waals surface area contributed by atoms with Gasteiger partial charge in [0.25, 0.3) is 0 Å². The minimum Gasteiger partial charge on any atom is -0.493 e. The number of benzene rings is 2. The molecule has 0 radical (unpaired) electrons. The van der Waals surface area contributed by atoms with Crippen molar-refractivity contribution in [2.45, 2.75) is 23.0 Å². The van der Waals surface area contributed by atoms with E-state index in [4.69, 9.17) is 37.7 Å². The molecule has 10 heteroatoms. The molecule has 0 bridgehead atoms. The lowest BCUT2D eigenvalue weighted by Gasteiger charge is -2.31. The van der Waals surface area contributed by atoms with Gasteiger partial charge >= 0.3 is 0 Å². The van der Waals surface area contributed by atoms with E-state index in [9.17, 15) is 8.42 Å². The second kappa shape index (κ2) is 9.47. The molecule has 3 aromatic rings. The molecule has 1 aromatic heterocycles. The maximum atomic E-state index is 13.0. The van der Waals surface area contributed by atoms with E-state index in [0.29, 0.717) is 42.5 Å². The summed E-state index contributed by atoms with van der Waals surface area (Å²) in [5.41, 5.74) is 1.78. The van der Waals surface area contributed by atoms with Crippen LogP contribution in [0.2, 0.25) is 10.0 Å². The number of thiazole rings is 1. The topological polar surface area (TPSA) is 68.7 Å². The average molecular weight is 513 g/mol. The summed E-state index contributed by atoms with van der Waals surface area (Å²) < 4.78 is 36.8. The lowest BCUT2D eigenvalue weighted by Crippen LogP contribution is -2.39. The normalized spacial score (nSPS) is 15.1. The molecule has 32 heavy (non-hydrogen) atoms. The van der Waals surface area contributed by atoms with Crippen LogP contribution >= 0.6 is 34.5 Å². The fraction of sp³-hybridized carbons (Fsp3) is 0.318. The summed E-state index contributed by atoms with van der Waals surface area (Å²) >= 11 is 13.5. The third-order valence-electron chi connectivity index (χ3n) is 5.54. The summed E-state index contributed by atoms with van der Waals surface area (Å²) in [4.78, 5) is 7.12. The van der Waals surface area contributed by atoms with E-state index in [1.54, 1.807) is 25.6 Å². The molecule has 2 aromatic carbocycles. The molecule has 1 fully saturated rings. The van der Waals surface area contributed by atoms with Gasteiger partial charge < -0.3 is 14.4 Å². The summed E-state index contributed by atoms with van der Waals surface area (Å²) in [6.07, 6.45) is 1.04. The van der Waals surface area contributed by atoms with Crippen LogP contribution in [-0.2, 0) is 9.84 Å².